The molecule has 1 fully saturated rings. The lowest BCUT2D eigenvalue weighted by Crippen LogP contribution is -1.77. The highest BCUT2D eigenvalue weighted by molar-refractivity contribution is 5.75. The first-order chi connectivity index (χ1) is 7.41. The molecular formula is C14H30BO. The molecule has 1 aliphatic rings. The van der Waals surface area contributed by atoms with Crippen molar-refractivity contribution in [2.45, 2.75) is 78.1 Å². The van der Waals surface area contributed by atoms with Gasteiger partial charge in [-0.2, -0.15) is 0 Å². The molecule has 1 aliphatic heterocycles. The molecule has 0 atom stereocenters. The predicted octanol–water partition coefficient (Wildman–Crippen LogP) is 4.56. The van der Waals surface area contributed by atoms with Crippen LogP contribution in [0.1, 0.15) is 78.1 Å². The number of ether oxygens (including phenoxy) is 1. The topological polar surface area (TPSA) is 9.23 Å². The lowest BCUT2D eigenvalue weighted by atomic mass is 10.1. The van der Waals surface area contributed by atoms with E-state index in [1.165, 1.54) is 64.2 Å². The third kappa shape index (κ3) is 16.5. The van der Waals surface area contributed by atoms with Crippen molar-refractivity contribution in [1.29, 1.82) is 0 Å². The summed E-state index contributed by atoms with van der Waals surface area (Å²) in [4.78, 5) is 0. The molecule has 0 aromatic carbocycles. The fourth-order valence-corrected chi connectivity index (χ4v) is 1.72. The molecule has 0 amide bonds. The van der Waals surface area contributed by atoms with Crippen LogP contribution in [0.4, 0.5) is 0 Å². The second-order valence-electron chi connectivity index (χ2n) is 4.44. The van der Waals surface area contributed by atoms with E-state index in [1.807, 2.05) is 0 Å². The molecule has 0 bridgehead atoms. The Kier molecular flexibility index (Phi) is 20.0. The highest BCUT2D eigenvalue weighted by atomic mass is 16.5. The largest absolute Gasteiger partial charge is 0.381 e. The van der Waals surface area contributed by atoms with Gasteiger partial charge in [0, 0.05) is 21.6 Å². The summed E-state index contributed by atoms with van der Waals surface area (Å²) in [7, 11) is 0. The van der Waals surface area contributed by atoms with Crippen molar-refractivity contribution in [3.05, 3.63) is 0 Å². The molecule has 1 nitrogen and oxygen atoms in total. The Bertz CT molecular complexity index is 87.3. The fraction of sp³-hybridized carbons (Fsp3) is 1.00. The maximum Gasteiger partial charge on any atom is 0.0466 e. The molecule has 0 unspecified atom stereocenters. The summed E-state index contributed by atoms with van der Waals surface area (Å²) < 4.78 is 4.94. The van der Waals surface area contributed by atoms with Gasteiger partial charge in [0.05, 0.1) is 0 Å². The first-order valence-electron chi connectivity index (χ1n) is 6.99. The molecular weight excluding hydrogens is 195 g/mol. The molecule has 3 radical (unpaired) electrons. The molecule has 2 heteroatoms. The van der Waals surface area contributed by atoms with Crippen molar-refractivity contribution < 1.29 is 4.74 Å². The van der Waals surface area contributed by atoms with E-state index in [1.54, 1.807) is 0 Å². The Morgan fingerprint density at radius 3 is 1.31 bits per heavy atom. The Morgan fingerprint density at radius 1 is 0.688 bits per heavy atom. The van der Waals surface area contributed by atoms with Crippen molar-refractivity contribution in [3.8, 4) is 0 Å². The van der Waals surface area contributed by atoms with Crippen molar-refractivity contribution in [3.63, 3.8) is 0 Å². The van der Waals surface area contributed by atoms with Gasteiger partial charge >= 0.3 is 0 Å². The zero-order valence-electron chi connectivity index (χ0n) is 11.5. The second kappa shape index (κ2) is 17.4. The van der Waals surface area contributed by atoms with Crippen molar-refractivity contribution >= 4 is 8.41 Å². The summed E-state index contributed by atoms with van der Waals surface area (Å²) in [6, 6.07) is 0. The Balaban J connectivity index is 0. The molecule has 0 aromatic rings. The third-order valence-corrected chi connectivity index (χ3v) is 2.78. The van der Waals surface area contributed by atoms with Crippen LogP contribution in [-0.2, 0) is 4.74 Å². The standard InChI is InChI=1S/C10H22.C4H8O.B/c1-3-5-7-9-10-8-6-4-2;1-2-4-5-3-1;/h3-10H2,1-2H3;1-4H2;. The second-order valence-corrected chi connectivity index (χ2v) is 4.44. The van der Waals surface area contributed by atoms with E-state index < -0.39 is 0 Å². The lowest BCUT2D eigenvalue weighted by Gasteiger charge is -1.97. The lowest BCUT2D eigenvalue weighted by molar-refractivity contribution is 0.198. The van der Waals surface area contributed by atoms with Crippen LogP contribution in [0.5, 0.6) is 0 Å². The predicted molar refractivity (Wildman–Crippen MR) is 74.1 cm³/mol. The summed E-state index contributed by atoms with van der Waals surface area (Å²) in [6.45, 7) is 6.54. The third-order valence-electron chi connectivity index (χ3n) is 2.78. The molecule has 0 N–H and O–H groups in total. The van der Waals surface area contributed by atoms with Gasteiger partial charge in [0.1, 0.15) is 0 Å². The Morgan fingerprint density at radius 2 is 1.06 bits per heavy atom. The number of hydrogen-bond donors (Lipinski definition) is 0. The summed E-state index contributed by atoms with van der Waals surface area (Å²) in [6.07, 6.45) is 14.0. The van der Waals surface area contributed by atoms with Gasteiger partial charge in [-0.3, -0.25) is 0 Å². The first-order valence-corrected chi connectivity index (χ1v) is 6.99. The summed E-state index contributed by atoms with van der Waals surface area (Å²) in [5.41, 5.74) is 0. The smallest absolute Gasteiger partial charge is 0.0466 e. The van der Waals surface area contributed by atoms with Gasteiger partial charge in [-0.05, 0) is 12.8 Å². The average Bonchev–Trinajstić information content (AvgIpc) is 2.82. The van der Waals surface area contributed by atoms with Crippen LogP contribution in [0.2, 0.25) is 0 Å². The van der Waals surface area contributed by atoms with Crippen LogP contribution in [-0.4, -0.2) is 21.6 Å². The number of hydrogen-bond acceptors (Lipinski definition) is 1. The van der Waals surface area contributed by atoms with Crippen LogP contribution < -0.4 is 0 Å². The van der Waals surface area contributed by atoms with E-state index in [0.717, 1.165) is 13.2 Å². The minimum Gasteiger partial charge on any atom is -0.381 e. The molecule has 0 saturated carbocycles. The highest BCUT2D eigenvalue weighted by Crippen LogP contribution is 2.07. The van der Waals surface area contributed by atoms with E-state index in [9.17, 15) is 0 Å². The van der Waals surface area contributed by atoms with Gasteiger partial charge in [-0.15, -0.1) is 0 Å². The molecule has 1 saturated heterocycles. The first kappa shape index (κ1) is 18.4. The van der Waals surface area contributed by atoms with E-state index in [4.69, 9.17) is 4.74 Å². The van der Waals surface area contributed by atoms with Gasteiger partial charge in [0.2, 0.25) is 0 Å². The van der Waals surface area contributed by atoms with Crippen molar-refractivity contribution in [2.75, 3.05) is 13.2 Å². The number of rotatable bonds is 7. The van der Waals surface area contributed by atoms with Gasteiger partial charge in [-0.25, -0.2) is 0 Å². The van der Waals surface area contributed by atoms with Gasteiger partial charge in [0.25, 0.3) is 0 Å². The molecule has 16 heavy (non-hydrogen) atoms. The van der Waals surface area contributed by atoms with E-state index in [-0.39, 0.29) is 8.41 Å². The molecule has 95 valence electrons. The SMILES string of the molecule is C1CCOC1.CCCCCCCCCC.[B]. The van der Waals surface area contributed by atoms with Crippen LogP contribution in [0.25, 0.3) is 0 Å². The molecule has 0 spiro atoms. The Labute approximate surface area is 105 Å². The van der Waals surface area contributed by atoms with Crippen LogP contribution in [0, 0.1) is 0 Å². The quantitative estimate of drug-likeness (QED) is 0.455. The Hall–Kier alpha value is 0.0249. The summed E-state index contributed by atoms with van der Waals surface area (Å²) in [5.74, 6) is 0. The highest BCUT2D eigenvalue weighted by Gasteiger charge is 1.94. The van der Waals surface area contributed by atoms with E-state index in [2.05, 4.69) is 13.8 Å². The minimum absolute atomic E-state index is 0. The zero-order valence-corrected chi connectivity index (χ0v) is 11.5. The zero-order chi connectivity index (χ0) is 11.2. The maximum absolute atomic E-state index is 4.94. The summed E-state index contributed by atoms with van der Waals surface area (Å²) >= 11 is 0. The van der Waals surface area contributed by atoms with Crippen LogP contribution in [0.15, 0.2) is 0 Å². The normalized spacial score (nSPS) is 13.9. The number of unbranched alkanes of at least 4 members (excludes halogenated alkanes) is 7. The molecule has 1 rings (SSSR count). The van der Waals surface area contributed by atoms with E-state index >= 15 is 0 Å². The van der Waals surface area contributed by atoms with Gasteiger partial charge in [-0.1, -0.05) is 65.2 Å². The summed E-state index contributed by atoms with van der Waals surface area (Å²) in [5, 5.41) is 0. The van der Waals surface area contributed by atoms with Gasteiger partial charge in [0.15, 0.2) is 0 Å². The maximum atomic E-state index is 4.94. The minimum atomic E-state index is 0. The van der Waals surface area contributed by atoms with Crippen LogP contribution >= 0.6 is 0 Å². The fourth-order valence-electron chi connectivity index (χ4n) is 1.72. The van der Waals surface area contributed by atoms with Crippen molar-refractivity contribution in [1.82, 2.24) is 0 Å². The monoisotopic (exact) mass is 225 g/mol. The molecule has 0 aliphatic carbocycles. The van der Waals surface area contributed by atoms with E-state index in [0.29, 0.717) is 0 Å². The van der Waals surface area contributed by atoms with Crippen molar-refractivity contribution in [2.24, 2.45) is 0 Å². The van der Waals surface area contributed by atoms with Gasteiger partial charge < -0.3 is 4.74 Å². The molecule has 1 heterocycles. The molecule has 0 aromatic heterocycles. The van der Waals surface area contributed by atoms with Crippen LogP contribution in [0.3, 0.4) is 0 Å². The average molecular weight is 225 g/mol.